The minimum absolute atomic E-state index is 0.121. The van der Waals surface area contributed by atoms with Gasteiger partial charge in [-0.25, -0.2) is 8.42 Å². The van der Waals surface area contributed by atoms with E-state index < -0.39 is 10.0 Å². The predicted octanol–water partition coefficient (Wildman–Crippen LogP) is 3.97. The summed E-state index contributed by atoms with van der Waals surface area (Å²) in [5, 5.41) is 4.38. The fourth-order valence-electron chi connectivity index (χ4n) is 5.93. The molecule has 0 bridgehead atoms. The molecule has 7 nitrogen and oxygen atoms in total. The smallest absolute Gasteiger partial charge is 0.243 e. The second-order valence-electron chi connectivity index (χ2n) is 10.1. The second-order valence-corrected chi connectivity index (χ2v) is 12.0. The molecule has 192 valence electrons. The van der Waals surface area contributed by atoms with Gasteiger partial charge in [0.2, 0.25) is 10.0 Å². The van der Waals surface area contributed by atoms with Crippen molar-refractivity contribution in [3.8, 4) is 11.1 Å². The van der Waals surface area contributed by atoms with E-state index in [1.807, 2.05) is 43.0 Å². The SMILES string of the molecule is COC[C@@H]1[C@@H](c2ccc(-c3cnn(C)c3C)cc2)C2CN(S(=O)(=O)c3ccccc3C)CCCCN21. The van der Waals surface area contributed by atoms with Crippen molar-refractivity contribution in [2.75, 3.05) is 33.4 Å². The van der Waals surface area contributed by atoms with Crippen LogP contribution in [0.4, 0.5) is 0 Å². The Labute approximate surface area is 214 Å². The van der Waals surface area contributed by atoms with Crippen LogP contribution in [0, 0.1) is 13.8 Å². The summed E-state index contributed by atoms with van der Waals surface area (Å²) < 4.78 is 36.7. The third kappa shape index (κ3) is 4.41. The van der Waals surface area contributed by atoms with E-state index in [0.717, 1.165) is 41.8 Å². The monoisotopic (exact) mass is 508 g/mol. The molecule has 0 saturated carbocycles. The van der Waals surface area contributed by atoms with Crippen molar-refractivity contribution < 1.29 is 13.2 Å². The van der Waals surface area contributed by atoms with Crippen molar-refractivity contribution >= 4 is 10.0 Å². The highest BCUT2D eigenvalue weighted by Crippen LogP contribution is 2.43. The number of fused-ring (bicyclic) bond motifs is 1. The Morgan fingerprint density at radius 3 is 2.42 bits per heavy atom. The molecule has 1 aromatic heterocycles. The number of sulfonamides is 1. The van der Waals surface area contributed by atoms with Crippen molar-refractivity contribution in [1.29, 1.82) is 0 Å². The molecule has 0 radical (unpaired) electrons. The number of aromatic nitrogens is 2. The van der Waals surface area contributed by atoms with Crippen LogP contribution in [0.25, 0.3) is 11.1 Å². The Balaban J connectivity index is 1.45. The van der Waals surface area contributed by atoms with Crippen LogP contribution in [0.1, 0.15) is 35.6 Å². The summed E-state index contributed by atoms with van der Waals surface area (Å²) in [6.07, 6.45) is 3.74. The Kier molecular flexibility index (Phi) is 7.05. The second kappa shape index (κ2) is 10.1. The number of nitrogens with zero attached hydrogens (tertiary/aromatic N) is 4. The van der Waals surface area contributed by atoms with E-state index in [1.54, 1.807) is 17.5 Å². The third-order valence-electron chi connectivity index (χ3n) is 8.04. The zero-order chi connectivity index (χ0) is 25.4. The lowest BCUT2D eigenvalue weighted by atomic mass is 9.74. The fourth-order valence-corrected chi connectivity index (χ4v) is 7.65. The van der Waals surface area contributed by atoms with Crippen LogP contribution >= 0.6 is 0 Å². The predicted molar refractivity (Wildman–Crippen MR) is 141 cm³/mol. The van der Waals surface area contributed by atoms with E-state index in [4.69, 9.17) is 4.74 Å². The van der Waals surface area contributed by atoms with E-state index in [1.165, 1.54) is 5.56 Å². The molecular formula is C28H36N4O3S. The minimum Gasteiger partial charge on any atom is -0.383 e. The topological polar surface area (TPSA) is 67.7 Å². The van der Waals surface area contributed by atoms with Gasteiger partial charge in [0.1, 0.15) is 0 Å². The van der Waals surface area contributed by atoms with Crippen LogP contribution in [0.2, 0.25) is 0 Å². The van der Waals surface area contributed by atoms with Gasteiger partial charge in [0, 0.05) is 56.5 Å². The quantitative estimate of drug-likeness (QED) is 0.504. The first-order valence-corrected chi connectivity index (χ1v) is 14.2. The normalized spacial score (nSPS) is 23.5. The van der Waals surface area contributed by atoms with E-state index in [-0.39, 0.29) is 18.0 Å². The van der Waals surface area contributed by atoms with Gasteiger partial charge in [0.25, 0.3) is 0 Å². The summed E-state index contributed by atoms with van der Waals surface area (Å²) in [4.78, 5) is 2.88. The van der Waals surface area contributed by atoms with Gasteiger partial charge in [-0.15, -0.1) is 0 Å². The lowest BCUT2D eigenvalue weighted by molar-refractivity contribution is -0.0635. The van der Waals surface area contributed by atoms with Crippen LogP contribution in [-0.4, -0.2) is 72.8 Å². The van der Waals surface area contributed by atoms with Gasteiger partial charge in [-0.2, -0.15) is 9.40 Å². The van der Waals surface area contributed by atoms with Crippen LogP contribution in [0.15, 0.2) is 59.6 Å². The summed E-state index contributed by atoms with van der Waals surface area (Å²) in [6.45, 7) is 6.60. The Bertz CT molecular complexity index is 1320. The average Bonchev–Trinajstić information content (AvgIpc) is 3.18. The van der Waals surface area contributed by atoms with E-state index in [9.17, 15) is 8.42 Å². The highest BCUT2D eigenvalue weighted by molar-refractivity contribution is 7.89. The number of benzene rings is 2. The maximum Gasteiger partial charge on any atom is 0.243 e. The molecule has 3 heterocycles. The Morgan fingerprint density at radius 1 is 1.03 bits per heavy atom. The summed E-state index contributed by atoms with van der Waals surface area (Å²) in [6, 6.07) is 16.4. The van der Waals surface area contributed by atoms with Crippen molar-refractivity contribution in [3.63, 3.8) is 0 Å². The number of hydrogen-bond acceptors (Lipinski definition) is 5. The lowest BCUT2D eigenvalue weighted by Crippen LogP contribution is -2.68. The first kappa shape index (κ1) is 25.1. The first-order chi connectivity index (χ1) is 17.3. The molecule has 2 fully saturated rings. The number of ether oxygens (including phenoxy) is 1. The molecule has 2 aliphatic rings. The summed E-state index contributed by atoms with van der Waals surface area (Å²) in [5.41, 5.74) is 5.43. The summed E-state index contributed by atoms with van der Waals surface area (Å²) in [7, 11) is 0.134. The molecule has 2 aliphatic heterocycles. The molecule has 8 heteroatoms. The van der Waals surface area contributed by atoms with Gasteiger partial charge in [-0.05, 0) is 56.0 Å². The molecule has 0 amide bonds. The van der Waals surface area contributed by atoms with Crippen molar-refractivity contribution in [1.82, 2.24) is 19.0 Å². The lowest BCUT2D eigenvalue weighted by Gasteiger charge is -2.57. The van der Waals surface area contributed by atoms with Gasteiger partial charge in [-0.1, -0.05) is 42.5 Å². The summed E-state index contributed by atoms with van der Waals surface area (Å²) >= 11 is 0. The Hall–Kier alpha value is -2.52. The highest BCUT2D eigenvalue weighted by atomic mass is 32.2. The molecule has 1 unspecified atom stereocenters. The van der Waals surface area contributed by atoms with Gasteiger partial charge < -0.3 is 4.74 Å². The van der Waals surface area contributed by atoms with E-state index in [2.05, 4.69) is 41.2 Å². The zero-order valence-electron chi connectivity index (χ0n) is 21.6. The van der Waals surface area contributed by atoms with Gasteiger partial charge in [0.15, 0.2) is 0 Å². The molecule has 2 saturated heterocycles. The van der Waals surface area contributed by atoms with Crippen molar-refractivity contribution in [2.24, 2.45) is 7.05 Å². The number of hydrogen-bond donors (Lipinski definition) is 0. The fraction of sp³-hybridized carbons (Fsp3) is 0.464. The molecule has 5 rings (SSSR count). The molecule has 3 atom stereocenters. The third-order valence-corrected chi connectivity index (χ3v) is 10.1. The standard InChI is InChI=1S/C28H36N4O3S/c1-20-9-5-6-10-27(20)36(33,34)31-15-7-8-16-32-25(18-31)28(26(32)19-35-4)23-13-11-22(12-14-23)24-17-29-30(3)21(24)2/h5-6,9-14,17,25-26,28H,7-8,15-16,18-19H2,1-4H3/t25?,26-,28+/m1/s1. The molecular weight excluding hydrogens is 472 g/mol. The Morgan fingerprint density at radius 2 is 1.75 bits per heavy atom. The number of rotatable bonds is 6. The van der Waals surface area contributed by atoms with Crippen molar-refractivity contribution in [2.45, 2.75) is 49.6 Å². The van der Waals surface area contributed by atoms with Gasteiger partial charge in [0.05, 0.1) is 17.7 Å². The van der Waals surface area contributed by atoms with E-state index in [0.29, 0.717) is 24.6 Å². The highest BCUT2D eigenvalue weighted by Gasteiger charge is 2.50. The minimum atomic E-state index is -3.57. The first-order valence-electron chi connectivity index (χ1n) is 12.7. The molecule has 3 aromatic rings. The zero-order valence-corrected chi connectivity index (χ0v) is 22.4. The van der Waals surface area contributed by atoms with Crippen LogP contribution < -0.4 is 0 Å². The van der Waals surface area contributed by atoms with Crippen LogP contribution in [-0.2, 0) is 21.8 Å². The molecule has 0 N–H and O–H groups in total. The van der Waals surface area contributed by atoms with Crippen LogP contribution in [0.5, 0.6) is 0 Å². The maximum atomic E-state index is 13.7. The molecule has 0 spiro atoms. The molecule has 2 aromatic carbocycles. The maximum absolute atomic E-state index is 13.7. The van der Waals surface area contributed by atoms with Gasteiger partial charge >= 0.3 is 0 Å². The average molecular weight is 509 g/mol. The van der Waals surface area contributed by atoms with Crippen LogP contribution in [0.3, 0.4) is 0 Å². The summed E-state index contributed by atoms with van der Waals surface area (Å²) in [5.74, 6) is 0.210. The van der Waals surface area contributed by atoms with Gasteiger partial charge in [-0.3, -0.25) is 9.58 Å². The molecule has 36 heavy (non-hydrogen) atoms. The number of methoxy groups -OCH3 is 1. The van der Waals surface area contributed by atoms with E-state index >= 15 is 0 Å². The largest absolute Gasteiger partial charge is 0.383 e. The molecule has 0 aliphatic carbocycles. The van der Waals surface area contributed by atoms with Crippen molar-refractivity contribution in [3.05, 3.63) is 71.5 Å². The number of aryl methyl sites for hydroxylation is 2.